The van der Waals surface area contributed by atoms with E-state index in [2.05, 4.69) is 13.0 Å². The second kappa shape index (κ2) is 7.93. The highest BCUT2D eigenvalue weighted by atomic mass is 35.5. The van der Waals surface area contributed by atoms with Crippen molar-refractivity contribution in [1.29, 1.82) is 0 Å². The van der Waals surface area contributed by atoms with Crippen molar-refractivity contribution in [1.82, 2.24) is 23.1 Å². The monoisotopic (exact) mass is 481 g/mol. The van der Waals surface area contributed by atoms with E-state index < -0.39 is 11.2 Å². The highest BCUT2D eigenvalue weighted by Gasteiger charge is 2.22. The summed E-state index contributed by atoms with van der Waals surface area (Å²) in [7, 11) is 1.61. The van der Waals surface area contributed by atoms with Crippen LogP contribution in [0.2, 0.25) is 10.0 Å². The smallest absolute Gasteiger partial charge is 0.283 e. The summed E-state index contributed by atoms with van der Waals surface area (Å²) in [6.45, 7) is 4.03. The normalized spacial score (nSPS) is 11.7. The van der Waals surface area contributed by atoms with Gasteiger partial charge in [0.1, 0.15) is 0 Å². The first-order valence-corrected chi connectivity index (χ1v) is 11.3. The summed E-state index contributed by atoms with van der Waals surface area (Å²) >= 11 is 12.6. The zero-order valence-electron chi connectivity index (χ0n) is 18.3. The molecule has 0 saturated heterocycles. The Labute approximate surface area is 199 Å². The third kappa shape index (κ3) is 3.22. The van der Waals surface area contributed by atoms with E-state index >= 15 is 0 Å². The maximum absolute atomic E-state index is 13.6. The van der Waals surface area contributed by atoms with Crippen LogP contribution in [0.15, 0.2) is 58.3 Å². The van der Waals surface area contributed by atoms with Crippen molar-refractivity contribution >= 4 is 40.1 Å². The van der Waals surface area contributed by atoms with Crippen LogP contribution in [0.5, 0.6) is 0 Å². The predicted molar refractivity (Wildman–Crippen MR) is 131 cm³/mol. The number of aromatic nitrogens is 5. The highest BCUT2D eigenvalue weighted by molar-refractivity contribution is 6.35. The van der Waals surface area contributed by atoms with Gasteiger partial charge in [0.25, 0.3) is 5.56 Å². The van der Waals surface area contributed by atoms with Crippen LogP contribution in [-0.2, 0) is 20.0 Å². The molecule has 9 heteroatoms. The Kier molecular flexibility index (Phi) is 5.18. The third-order valence-electron chi connectivity index (χ3n) is 6.02. The van der Waals surface area contributed by atoms with Gasteiger partial charge >= 0.3 is 5.69 Å². The minimum absolute atomic E-state index is 0.0362. The molecular weight excluding hydrogens is 461 g/mol. The average molecular weight is 482 g/mol. The maximum atomic E-state index is 13.6. The van der Waals surface area contributed by atoms with Crippen molar-refractivity contribution < 1.29 is 0 Å². The lowest BCUT2D eigenvalue weighted by Gasteiger charge is -2.11. The molecule has 0 spiro atoms. The first kappa shape index (κ1) is 21.6. The van der Waals surface area contributed by atoms with Gasteiger partial charge in [0.2, 0.25) is 5.78 Å². The second-order valence-corrected chi connectivity index (χ2v) is 8.79. The number of hydrogen-bond donors (Lipinski definition) is 0. The van der Waals surface area contributed by atoms with Gasteiger partial charge in [0, 0.05) is 34.5 Å². The number of halogens is 2. The molecule has 33 heavy (non-hydrogen) atoms. The number of rotatable bonds is 4. The Morgan fingerprint density at radius 2 is 1.70 bits per heavy atom. The molecule has 5 rings (SSSR count). The van der Waals surface area contributed by atoms with Crippen molar-refractivity contribution in [3.05, 3.63) is 96.4 Å². The van der Waals surface area contributed by atoms with Crippen LogP contribution in [-0.4, -0.2) is 23.1 Å². The molecule has 0 radical (unpaired) electrons. The summed E-state index contributed by atoms with van der Waals surface area (Å²) in [4.78, 5) is 31.4. The minimum atomic E-state index is -0.485. The molecule has 0 unspecified atom stereocenters. The van der Waals surface area contributed by atoms with Crippen LogP contribution in [0.3, 0.4) is 0 Å². The molecule has 3 heterocycles. The van der Waals surface area contributed by atoms with Crippen molar-refractivity contribution in [2.45, 2.75) is 26.8 Å². The topological polar surface area (TPSA) is 66.2 Å². The Balaban J connectivity index is 1.82. The highest BCUT2D eigenvalue weighted by Crippen LogP contribution is 2.26. The van der Waals surface area contributed by atoms with Gasteiger partial charge in [-0.15, -0.1) is 0 Å². The molecule has 0 bridgehead atoms. The summed E-state index contributed by atoms with van der Waals surface area (Å²) in [5, 5.41) is 0.793. The molecule has 0 saturated carbocycles. The number of para-hydroxylation sites is 1. The van der Waals surface area contributed by atoms with Gasteiger partial charge in [-0.1, -0.05) is 54.4 Å². The number of nitrogens with zero attached hydrogens (tertiary/aromatic N) is 5. The number of aryl methyl sites for hydroxylation is 3. The van der Waals surface area contributed by atoms with E-state index in [-0.39, 0.29) is 6.54 Å². The molecule has 0 atom stereocenters. The Bertz CT molecular complexity index is 1650. The number of imidazole rings is 2. The molecule has 0 aliphatic carbocycles. The summed E-state index contributed by atoms with van der Waals surface area (Å²) in [5.41, 5.74) is 3.32. The fourth-order valence-electron chi connectivity index (χ4n) is 4.32. The van der Waals surface area contributed by atoms with E-state index in [9.17, 15) is 9.59 Å². The van der Waals surface area contributed by atoms with Crippen molar-refractivity contribution in [2.75, 3.05) is 0 Å². The van der Waals surface area contributed by atoms with Gasteiger partial charge in [-0.3, -0.25) is 22.9 Å². The van der Waals surface area contributed by atoms with Crippen LogP contribution < -0.4 is 11.2 Å². The van der Waals surface area contributed by atoms with Crippen LogP contribution >= 0.6 is 23.2 Å². The zero-order chi connectivity index (χ0) is 23.4. The molecule has 5 aromatic rings. The molecule has 168 valence electrons. The Morgan fingerprint density at radius 1 is 1.00 bits per heavy atom. The lowest BCUT2D eigenvalue weighted by atomic mass is 10.1. The van der Waals surface area contributed by atoms with E-state index in [0.717, 1.165) is 27.9 Å². The van der Waals surface area contributed by atoms with Crippen LogP contribution in [0.25, 0.3) is 22.6 Å². The summed E-state index contributed by atoms with van der Waals surface area (Å²) in [6.07, 6.45) is 2.72. The Hall–Kier alpha value is -3.29. The molecule has 2 aromatic carbocycles. The fourth-order valence-corrected chi connectivity index (χ4v) is 4.83. The van der Waals surface area contributed by atoms with Gasteiger partial charge in [-0.25, -0.2) is 4.79 Å². The summed E-state index contributed by atoms with van der Waals surface area (Å²) in [6, 6.07) is 13.2. The van der Waals surface area contributed by atoms with Crippen LogP contribution in [0, 0.1) is 6.92 Å². The fraction of sp³-hybridized carbons (Fsp3) is 0.208. The average Bonchev–Trinajstić information content (AvgIpc) is 3.31. The molecular formula is C24H21Cl2N5O2. The largest absolute Gasteiger partial charge is 0.332 e. The lowest BCUT2D eigenvalue weighted by molar-refractivity contribution is 0.657. The maximum Gasteiger partial charge on any atom is 0.332 e. The van der Waals surface area contributed by atoms with Gasteiger partial charge in [0.05, 0.1) is 12.2 Å². The van der Waals surface area contributed by atoms with Crippen molar-refractivity contribution in [3.8, 4) is 5.69 Å². The van der Waals surface area contributed by atoms with Gasteiger partial charge in [-0.2, -0.15) is 4.98 Å². The van der Waals surface area contributed by atoms with E-state index in [1.165, 1.54) is 4.57 Å². The molecule has 0 aliphatic heterocycles. The van der Waals surface area contributed by atoms with E-state index in [0.29, 0.717) is 32.6 Å². The molecule has 3 aromatic heterocycles. The lowest BCUT2D eigenvalue weighted by Crippen LogP contribution is -2.39. The standard InChI is InChI=1S/C24H21Cl2N5O2/c1-4-15-8-5-6-11-19(15)31-14(2)12-29-20-21(27-23(29)31)28(3)24(33)30(22(20)32)13-16-17(25)9-7-10-18(16)26/h5-12H,4,13H2,1-3H3. The number of hydrogen-bond acceptors (Lipinski definition) is 3. The first-order chi connectivity index (χ1) is 15.8. The van der Waals surface area contributed by atoms with Gasteiger partial charge in [-0.05, 0) is 37.1 Å². The molecule has 0 fully saturated rings. The quantitative estimate of drug-likeness (QED) is 0.382. The zero-order valence-corrected chi connectivity index (χ0v) is 19.9. The molecule has 7 nitrogen and oxygen atoms in total. The van der Waals surface area contributed by atoms with E-state index in [1.807, 2.05) is 35.9 Å². The second-order valence-electron chi connectivity index (χ2n) is 7.98. The van der Waals surface area contributed by atoms with Crippen LogP contribution in [0.1, 0.15) is 23.7 Å². The van der Waals surface area contributed by atoms with Crippen LogP contribution in [0.4, 0.5) is 0 Å². The van der Waals surface area contributed by atoms with E-state index in [4.69, 9.17) is 28.2 Å². The van der Waals surface area contributed by atoms with Crippen molar-refractivity contribution in [3.63, 3.8) is 0 Å². The third-order valence-corrected chi connectivity index (χ3v) is 6.73. The van der Waals surface area contributed by atoms with E-state index in [1.54, 1.807) is 29.6 Å². The number of fused-ring (bicyclic) bond motifs is 3. The Morgan fingerprint density at radius 3 is 2.39 bits per heavy atom. The summed E-state index contributed by atoms with van der Waals surface area (Å²) < 4.78 is 6.30. The van der Waals surface area contributed by atoms with Crippen molar-refractivity contribution in [2.24, 2.45) is 7.05 Å². The minimum Gasteiger partial charge on any atom is -0.283 e. The molecule has 0 N–H and O–H groups in total. The predicted octanol–water partition coefficient (Wildman–Crippen LogP) is 4.36. The summed E-state index contributed by atoms with van der Waals surface area (Å²) in [5.74, 6) is 0.573. The van der Waals surface area contributed by atoms with Gasteiger partial charge < -0.3 is 0 Å². The SMILES string of the molecule is CCc1ccccc1-n1c(C)cn2c3c(=O)n(Cc4c(Cl)cccc4Cl)c(=O)n(C)c3nc12. The molecule has 0 amide bonds. The molecule has 0 aliphatic rings. The van der Waals surface area contributed by atoms with Gasteiger partial charge in [0.15, 0.2) is 11.2 Å². The first-order valence-electron chi connectivity index (χ1n) is 10.5. The number of benzene rings is 2.